The summed E-state index contributed by atoms with van der Waals surface area (Å²) in [7, 11) is 1.34. The molecule has 0 spiro atoms. The predicted molar refractivity (Wildman–Crippen MR) is 98.0 cm³/mol. The van der Waals surface area contributed by atoms with Gasteiger partial charge < -0.3 is 15.4 Å². The Morgan fingerprint density at radius 2 is 1.80 bits per heavy atom. The first kappa shape index (κ1) is 17.0. The van der Waals surface area contributed by atoms with Crippen molar-refractivity contribution in [3.05, 3.63) is 59.2 Å². The number of carbonyl (C=O) groups is 2. The van der Waals surface area contributed by atoms with Crippen LogP contribution < -0.4 is 10.6 Å². The number of anilines is 2. The van der Waals surface area contributed by atoms with Crippen LogP contribution in [0.1, 0.15) is 34.3 Å². The molecule has 0 fully saturated rings. The number of ether oxygens (including phenoxy) is 1. The lowest BCUT2D eigenvalue weighted by atomic mass is 9.90. The van der Waals surface area contributed by atoms with Crippen LogP contribution in [0.5, 0.6) is 0 Å². The van der Waals surface area contributed by atoms with E-state index >= 15 is 0 Å². The van der Waals surface area contributed by atoms with Gasteiger partial charge in [0.2, 0.25) is 5.91 Å². The molecule has 0 aliphatic heterocycles. The number of aryl methyl sites for hydroxylation is 1. The fourth-order valence-corrected chi connectivity index (χ4v) is 3.14. The smallest absolute Gasteiger partial charge is 0.337 e. The van der Waals surface area contributed by atoms with E-state index in [0.29, 0.717) is 11.3 Å². The van der Waals surface area contributed by atoms with Gasteiger partial charge in [0, 0.05) is 11.4 Å². The third-order valence-corrected chi connectivity index (χ3v) is 4.43. The van der Waals surface area contributed by atoms with Gasteiger partial charge in [-0.15, -0.1) is 0 Å². The van der Waals surface area contributed by atoms with Crippen LogP contribution in [0.15, 0.2) is 42.5 Å². The molecular weight excluding hydrogens is 316 g/mol. The molecule has 1 aliphatic rings. The first-order valence-corrected chi connectivity index (χ1v) is 8.50. The van der Waals surface area contributed by atoms with Crippen LogP contribution >= 0.6 is 0 Å². The molecule has 2 N–H and O–H groups in total. The average molecular weight is 338 g/mol. The molecule has 2 aromatic rings. The van der Waals surface area contributed by atoms with Gasteiger partial charge in [0.15, 0.2) is 0 Å². The number of fused-ring (bicyclic) bond motifs is 1. The predicted octanol–water partition coefficient (Wildman–Crippen LogP) is 3.40. The van der Waals surface area contributed by atoms with Crippen LogP contribution in [-0.4, -0.2) is 25.5 Å². The average Bonchev–Trinajstić information content (AvgIpc) is 2.66. The monoisotopic (exact) mass is 338 g/mol. The molecule has 5 nitrogen and oxygen atoms in total. The third kappa shape index (κ3) is 4.18. The number of carbonyl (C=O) groups excluding carboxylic acids is 2. The summed E-state index contributed by atoms with van der Waals surface area (Å²) < 4.78 is 4.65. The van der Waals surface area contributed by atoms with Gasteiger partial charge in [0.05, 0.1) is 19.2 Å². The Labute approximate surface area is 147 Å². The topological polar surface area (TPSA) is 67.4 Å². The standard InChI is InChI=1S/C20H22N2O3/c1-25-20(24)15-9-11-16(12-10-15)22-19(23)13-21-18-8-4-6-14-5-2-3-7-17(14)18/h4,6,8-12,21H,2-3,5,7,13H2,1H3,(H,22,23). The van der Waals surface area contributed by atoms with Crippen molar-refractivity contribution >= 4 is 23.3 Å². The maximum absolute atomic E-state index is 12.2. The molecule has 0 saturated heterocycles. The first-order chi connectivity index (χ1) is 12.2. The van der Waals surface area contributed by atoms with Crippen molar-refractivity contribution in [2.75, 3.05) is 24.3 Å². The highest BCUT2D eigenvalue weighted by atomic mass is 16.5. The zero-order valence-corrected chi connectivity index (χ0v) is 14.3. The highest BCUT2D eigenvalue weighted by molar-refractivity contribution is 5.95. The van der Waals surface area contributed by atoms with E-state index in [0.717, 1.165) is 18.5 Å². The Hall–Kier alpha value is -2.82. The van der Waals surface area contributed by atoms with Gasteiger partial charge in [0.25, 0.3) is 0 Å². The second-order valence-electron chi connectivity index (χ2n) is 6.12. The molecule has 0 atom stereocenters. The summed E-state index contributed by atoms with van der Waals surface area (Å²) in [6.07, 6.45) is 4.61. The molecule has 0 unspecified atom stereocenters. The Balaban J connectivity index is 1.57. The third-order valence-electron chi connectivity index (χ3n) is 4.43. The number of hydrogen-bond donors (Lipinski definition) is 2. The molecule has 1 amide bonds. The van der Waals surface area contributed by atoms with Crippen molar-refractivity contribution in [1.82, 2.24) is 0 Å². The minimum Gasteiger partial charge on any atom is -0.465 e. The van der Waals surface area contributed by atoms with Crippen LogP contribution in [0.25, 0.3) is 0 Å². The van der Waals surface area contributed by atoms with Crippen molar-refractivity contribution in [3.8, 4) is 0 Å². The van der Waals surface area contributed by atoms with Crippen molar-refractivity contribution in [3.63, 3.8) is 0 Å². The maximum atomic E-state index is 12.2. The Morgan fingerprint density at radius 3 is 2.56 bits per heavy atom. The van der Waals surface area contributed by atoms with Crippen molar-refractivity contribution in [2.24, 2.45) is 0 Å². The summed E-state index contributed by atoms with van der Waals surface area (Å²) in [5, 5.41) is 6.07. The van der Waals surface area contributed by atoms with Gasteiger partial charge >= 0.3 is 5.97 Å². The van der Waals surface area contributed by atoms with Gasteiger partial charge in [-0.25, -0.2) is 4.79 Å². The molecule has 1 aliphatic carbocycles. The van der Waals surface area contributed by atoms with E-state index in [4.69, 9.17) is 0 Å². The SMILES string of the molecule is COC(=O)c1ccc(NC(=O)CNc2cccc3c2CCCC3)cc1. The van der Waals surface area contributed by atoms with E-state index in [1.807, 2.05) is 12.1 Å². The second kappa shape index (κ2) is 7.83. The summed E-state index contributed by atoms with van der Waals surface area (Å²) in [6.45, 7) is 0.204. The normalized spacial score (nSPS) is 12.8. The zero-order chi connectivity index (χ0) is 17.6. The van der Waals surface area contributed by atoms with E-state index < -0.39 is 5.97 Å². The number of amides is 1. The van der Waals surface area contributed by atoms with Gasteiger partial charge in [0.1, 0.15) is 0 Å². The van der Waals surface area contributed by atoms with E-state index in [9.17, 15) is 9.59 Å². The van der Waals surface area contributed by atoms with Crippen molar-refractivity contribution in [2.45, 2.75) is 25.7 Å². The molecule has 0 saturated carbocycles. The van der Waals surface area contributed by atoms with E-state index in [-0.39, 0.29) is 12.5 Å². The van der Waals surface area contributed by atoms with Gasteiger partial charge in [-0.2, -0.15) is 0 Å². The number of esters is 1. The van der Waals surface area contributed by atoms with Gasteiger partial charge in [-0.1, -0.05) is 12.1 Å². The van der Waals surface area contributed by atoms with Crippen LogP contribution in [0.3, 0.4) is 0 Å². The molecule has 0 heterocycles. The lowest BCUT2D eigenvalue weighted by molar-refractivity contribution is -0.114. The van der Waals surface area contributed by atoms with Crippen molar-refractivity contribution in [1.29, 1.82) is 0 Å². The van der Waals surface area contributed by atoms with Crippen LogP contribution in [-0.2, 0) is 22.4 Å². The minimum atomic E-state index is -0.395. The van der Waals surface area contributed by atoms with Crippen molar-refractivity contribution < 1.29 is 14.3 Å². The second-order valence-corrected chi connectivity index (χ2v) is 6.12. The molecule has 3 rings (SSSR count). The maximum Gasteiger partial charge on any atom is 0.337 e. The van der Waals surface area contributed by atoms with E-state index in [1.165, 1.54) is 31.1 Å². The number of methoxy groups -OCH3 is 1. The lowest BCUT2D eigenvalue weighted by Crippen LogP contribution is -2.22. The lowest BCUT2D eigenvalue weighted by Gasteiger charge is -2.20. The summed E-state index contributed by atoms with van der Waals surface area (Å²) in [6, 6.07) is 12.9. The molecular formula is C20H22N2O3. The highest BCUT2D eigenvalue weighted by Gasteiger charge is 2.13. The molecule has 0 bridgehead atoms. The zero-order valence-electron chi connectivity index (χ0n) is 14.3. The van der Waals surface area contributed by atoms with Crippen LogP contribution in [0.4, 0.5) is 11.4 Å². The molecule has 25 heavy (non-hydrogen) atoms. The number of hydrogen-bond acceptors (Lipinski definition) is 4. The summed E-state index contributed by atoms with van der Waals surface area (Å²) >= 11 is 0. The van der Waals surface area contributed by atoms with Gasteiger partial charge in [-0.05, 0) is 67.1 Å². The summed E-state index contributed by atoms with van der Waals surface area (Å²) in [5.41, 5.74) is 4.87. The molecule has 0 aromatic heterocycles. The first-order valence-electron chi connectivity index (χ1n) is 8.50. The Bertz CT molecular complexity index is 769. The fourth-order valence-electron chi connectivity index (χ4n) is 3.14. The largest absolute Gasteiger partial charge is 0.465 e. The molecule has 130 valence electrons. The van der Waals surface area contributed by atoms with Gasteiger partial charge in [-0.3, -0.25) is 4.79 Å². The summed E-state index contributed by atoms with van der Waals surface area (Å²) in [5.74, 6) is -0.521. The quantitative estimate of drug-likeness (QED) is 0.820. The Kier molecular flexibility index (Phi) is 5.33. The molecule has 2 aromatic carbocycles. The number of nitrogens with one attached hydrogen (secondary N) is 2. The highest BCUT2D eigenvalue weighted by Crippen LogP contribution is 2.27. The van der Waals surface area contributed by atoms with Crippen LogP contribution in [0.2, 0.25) is 0 Å². The Morgan fingerprint density at radius 1 is 1.04 bits per heavy atom. The number of rotatable bonds is 5. The molecule has 0 radical (unpaired) electrons. The fraction of sp³-hybridized carbons (Fsp3) is 0.300. The minimum absolute atomic E-state index is 0.126. The van der Waals surface area contributed by atoms with Crippen LogP contribution in [0, 0.1) is 0 Å². The summed E-state index contributed by atoms with van der Waals surface area (Å²) in [4.78, 5) is 23.6. The number of benzene rings is 2. The van der Waals surface area contributed by atoms with E-state index in [1.54, 1.807) is 24.3 Å². The van der Waals surface area contributed by atoms with E-state index in [2.05, 4.69) is 21.4 Å². The molecule has 5 heteroatoms.